The van der Waals surface area contributed by atoms with Crippen molar-refractivity contribution in [3.8, 4) is 0 Å². The largest absolute Gasteiger partial charge is 0.387 e. The molecule has 1 aromatic carbocycles. The van der Waals surface area contributed by atoms with E-state index in [4.69, 9.17) is 11.6 Å². The number of rotatable bonds is 6. The van der Waals surface area contributed by atoms with Crippen LogP contribution in [0.1, 0.15) is 60.6 Å². The standard InChI is InChI=1S/C21H29ClN2O2/c1-23-11-19(25)16-2-3-18(22)17(7-16)20(26)24-12-21-8-13-4-14(9-21)6-15(5-13)10-21/h2-3,7,13-15,19,23,25H,4-6,8-12H2,1H3,(H,24,26)/t13?,14?,15?,19-,21?/m0/s1. The van der Waals surface area contributed by atoms with Crippen molar-refractivity contribution in [2.24, 2.45) is 23.2 Å². The van der Waals surface area contributed by atoms with Gasteiger partial charge in [-0.15, -0.1) is 0 Å². The van der Waals surface area contributed by atoms with Crippen LogP contribution in [0.3, 0.4) is 0 Å². The summed E-state index contributed by atoms with van der Waals surface area (Å²) in [5, 5.41) is 16.7. The molecule has 0 aromatic heterocycles. The molecule has 0 radical (unpaired) electrons. The Labute approximate surface area is 160 Å². The van der Waals surface area contributed by atoms with E-state index in [1.54, 1.807) is 25.2 Å². The number of carbonyl (C=O) groups is 1. The third kappa shape index (κ3) is 3.51. The summed E-state index contributed by atoms with van der Waals surface area (Å²) in [6, 6.07) is 5.20. The maximum atomic E-state index is 12.8. The van der Waals surface area contributed by atoms with Crippen molar-refractivity contribution >= 4 is 17.5 Å². The van der Waals surface area contributed by atoms with Gasteiger partial charge in [0.05, 0.1) is 16.7 Å². The highest BCUT2D eigenvalue weighted by molar-refractivity contribution is 6.33. The third-order valence-electron chi connectivity index (χ3n) is 6.81. The molecule has 4 nitrogen and oxygen atoms in total. The van der Waals surface area contributed by atoms with E-state index in [1.807, 2.05) is 0 Å². The molecule has 0 heterocycles. The van der Waals surface area contributed by atoms with Gasteiger partial charge in [0, 0.05) is 13.1 Å². The fourth-order valence-corrected chi connectivity index (χ4v) is 6.31. The number of aliphatic hydroxyl groups excluding tert-OH is 1. The first-order valence-electron chi connectivity index (χ1n) is 9.88. The molecular weight excluding hydrogens is 348 g/mol. The molecule has 5 heteroatoms. The molecule has 0 spiro atoms. The lowest BCUT2D eigenvalue weighted by molar-refractivity contribution is -0.0503. The van der Waals surface area contributed by atoms with Crippen LogP contribution in [0.2, 0.25) is 5.02 Å². The van der Waals surface area contributed by atoms with E-state index in [0.717, 1.165) is 24.3 Å². The van der Waals surface area contributed by atoms with Gasteiger partial charge >= 0.3 is 0 Å². The number of hydrogen-bond donors (Lipinski definition) is 3. The van der Waals surface area contributed by atoms with Gasteiger partial charge < -0.3 is 15.7 Å². The molecule has 0 saturated heterocycles. The molecule has 4 aliphatic carbocycles. The van der Waals surface area contributed by atoms with Crippen LogP contribution in [-0.4, -0.2) is 31.2 Å². The predicted molar refractivity (Wildman–Crippen MR) is 103 cm³/mol. The van der Waals surface area contributed by atoms with Gasteiger partial charge in [0.15, 0.2) is 0 Å². The van der Waals surface area contributed by atoms with Gasteiger partial charge in [-0.1, -0.05) is 17.7 Å². The zero-order valence-electron chi connectivity index (χ0n) is 15.4. The highest BCUT2D eigenvalue weighted by atomic mass is 35.5. The Hall–Kier alpha value is -1.10. The molecule has 0 unspecified atom stereocenters. The minimum atomic E-state index is -0.646. The first-order valence-corrected chi connectivity index (χ1v) is 10.3. The molecule has 0 aliphatic heterocycles. The Morgan fingerprint density at radius 1 is 1.23 bits per heavy atom. The van der Waals surface area contributed by atoms with E-state index in [2.05, 4.69) is 10.6 Å². The van der Waals surface area contributed by atoms with Crippen LogP contribution < -0.4 is 10.6 Å². The molecule has 1 aromatic rings. The topological polar surface area (TPSA) is 61.4 Å². The summed E-state index contributed by atoms with van der Waals surface area (Å²) >= 11 is 6.27. The molecule has 26 heavy (non-hydrogen) atoms. The van der Waals surface area contributed by atoms with E-state index in [9.17, 15) is 9.90 Å². The Balaban J connectivity index is 1.44. The number of amides is 1. The molecule has 4 aliphatic rings. The quantitative estimate of drug-likeness (QED) is 0.711. The predicted octanol–water partition coefficient (Wildman–Crippen LogP) is 3.54. The number of benzene rings is 1. The number of aliphatic hydroxyl groups is 1. The molecule has 1 amide bonds. The maximum absolute atomic E-state index is 12.8. The van der Waals surface area contributed by atoms with Crippen LogP contribution >= 0.6 is 11.6 Å². The summed E-state index contributed by atoms with van der Waals surface area (Å²) in [7, 11) is 1.79. The van der Waals surface area contributed by atoms with Gasteiger partial charge in [-0.2, -0.15) is 0 Å². The van der Waals surface area contributed by atoms with Crippen LogP contribution in [0.15, 0.2) is 18.2 Å². The van der Waals surface area contributed by atoms with Gasteiger partial charge in [-0.05, 0) is 86.4 Å². The van der Waals surface area contributed by atoms with Crippen LogP contribution in [0.4, 0.5) is 0 Å². The van der Waals surface area contributed by atoms with E-state index in [0.29, 0.717) is 28.1 Å². The van der Waals surface area contributed by atoms with E-state index in [1.165, 1.54) is 38.5 Å². The second kappa shape index (κ2) is 7.14. The molecule has 1 atom stereocenters. The first kappa shape index (κ1) is 18.3. The van der Waals surface area contributed by atoms with Crippen LogP contribution in [-0.2, 0) is 0 Å². The molecule has 3 N–H and O–H groups in total. The van der Waals surface area contributed by atoms with Crippen molar-refractivity contribution in [2.45, 2.75) is 44.6 Å². The summed E-state index contributed by atoms with van der Waals surface area (Å²) in [4.78, 5) is 12.8. The Morgan fingerprint density at radius 2 is 1.85 bits per heavy atom. The number of hydrogen-bond acceptors (Lipinski definition) is 3. The molecular formula is C21H29ClN2O2. The van der Waals surface area contributed by atoms with E-state index < -0.39 is 6.10 Å². The van der Waals surface area contributed by atoms with Gasteiger partial charge in [0.2, 0.25) is 0 Å². The van der Waals surface area contributed by atoms with Crippen LogP contribution in [0.5, 0.6) is 0 Å². The second-order valence-electron chi connectivity index (χ2n) is 8.91. The van der Waals surface area contributed by atoms with Crippen molar-refractivity contribution in [2.75, 3.05) is 20.1 Å². The van der Waals surface area contributed by atoms with Crippen molar-refractivity contribution in [1.29, 1.82) is 0 Å². The van der Waals surface area contributed by atoms with Crippen LogP contribution in [0.25, 0.3) is 0 Å². The summed E-state index contributed by atoms with van der Waals surface area (Å²) < 4.78 is 0. The molecule has 4 saturated carbocycles. The average molecular weight is 377 g/mol. The molecule has 4 fully saturated rings. The van der Waals surface area contributed by atoms with Gasteiger partial charge in [-0.3, -0.25) is 4.79 Å². The lowest BCUT2D eigenvalue weighted by atomic mass is 9.49. The summed E-state index contributed by atoms with van der Waals surface area (Å²) in [5.74, 6) is 2.51. The molecule has 142 valence electrons. The second-order valence-corrected chi connectivity index (χ2v) is 9.32. The average Bonchev–Trinajstić information content (AvgIpc) is 2.59. The lowest BCUT2D eigenvalue weighted by Gasteiger charge is -2.56. The number of likely N-dealkylation sites (N-methyl/N-ethyl adjacent to an activating group) is 1. The van der Waals surface area contributed by atoms with Crippen molar-refractivity contribution < 1.29 is 9.90 Å². The van der Waals surface area contributed by atoms with Crippen molar-refractivity contribution in [3.05, 3.63) is 34.3 Å². The first-order chi connectivity index (χ1) is 12.5. The summed E-state index contributed by atoms with van der Waals surface area (Å²) in [6.07, 6.45) is 7.39. The minimum Gasteiger partial charge on any atom is -0.387 e. The minimum absolute atomic E-state index is 0.121. The highest BCUT2D eigenvalue weighted by Gasteiger charge is 2.50. The zero-order chi connectivity index (χ0) is 18.3. The monoisotopic (exact) mass is 376 g/mol. The SMILES string of the molecule is CNC[C@H](O)c1ccc(Cl)c(C(=O)NCC23CC4CC(CC(C4)C2)C3)c1. The highest BCUT2D eigenvalue weighted by Crippen LogP contribution is 2.59. The van der Waals surface area contributed by atoms with Gasteiger partial charge in [0.1, 0.15) is 0 Å². The third-order valence-corrected chi connectivity index (χ3v) is 7.14. The van der Waals surface area contributed by atoms with E-state index >= 15 is 0 Å². The van der Waals surface area contributed by atoms with Gasteiger partial charge in [-0.25, -0.2) is 0 Å². The van der Waals surface area contributed by atoms with E-state index in [-0.39, 0.29) is 5.91 Å². The van der Waals surface area contributed by atoms with Crippen molar-refractivity contribution in [3.63, 3.8) is 0 Å². The Kier molecular flexibility index (Phi) is 5.02. The Morgan fingerprint density at radius 3 is 2.42 bits per heavy atom. The number of carbonyl (C=O) groups excluding carboxylic acids is 1. The smallest absolute Gasteiger partial charge is 0.252 e. The number of halogens is 1. The summed E-state index contributed by atoms with van der Waals surface area (Å²) in [5.41, 5.74) is 1.48. The zero-order valence-corrected chi connectivity index (χ0v) is 16.2. The normalized spacial score (nSPS) is 33.3. The Bertz CT molecular complexity index is 655. The van der Waals surface area contributed by atoms with Crippen LogP contribution in [0, 0.1) is 23.2 Å². The molecule has 5 rings (SSSR count). The fraction of sp³-hybridized carbons (Fsp3) is 0.667. The maximum Gasteiger partial charge on any atom is 0.252 e. The molecule has 4 bridgehead atoms. The lowest BCUT2D eigenvalue weighted by Crippen LogP contribution is -2.51. The number of nitrogens with one attached hydrogen (secondary N) is 2. The summed E-state index contributed by atoms with van der Waals surface area (Å²) in [6.45, 7) is 1.20. The van der Waals surface area contributed by atoms with Gasteiger partial charge in [0.25, 0.3) is 5.91 Å². The van der Waals surface area contributed by atoms with Crippen molar-refractivity contribution in [1.82, 2.24) is 10.6 Å². The fourth-order valence-electron chi connectivity index (χ4n) is 6.10.